The maximum atomic E-state index is 13.8. The van der Waals surface area contributed by atoms with Crippen LogP contribution in [0, 0.1) is 5.92 Å². The standard InChI is InChI=1S/C42H45N9O7/c1-24(2)58-35-20-30-26(18-33(35)45-38(53)32-21-44-50-13-3-12-43-37(32)50)23-49(40(30)55)27-10-14-47(15-11-27)22-25-8-16-48(17-9-25)28-4-5-29-31(19-28)42(57)51(41(29)56)34-6-7-36(52)46-39(34)54/h3-5,12-13,18-21,24-25,27,34H,6-11,14-17,22-23H2,1-2H3,(H,45,53)(H,46,52,54)/t34-/m0/s1. The molecule has 0 bridgehead atoms. The number of hydrogen-bond donors (Lipinski definition) is 2. The lowest BCUT2D eigenvalue weighted by Crippen LogP contribution is -2.54. The number of carbonyl (C=O) groups is 6. The Morgan fingerprint density at radius 3 is 2.45 bits per heavy atom. The van der Waals surface area contributed by atoms with Gasteiger partial charge in [-0.1, -0.05) is 0 Å². The fourth-order valence-corrected chi connectivity index (χ4v) is 9.09. The van der Waals surface area contributed by atoms with Gasteiger partial charge in [0.25, 0.3) is 23.6 Å². The molecule has 0 aliphatic carbocycles. The van der Waals surface area contributed by atoms with Crippen LogP contribution in [0.3, 0.4) is 0 Å². The van der Waals surface area contributed by atoms with Gasteiger partial charge < -0.3 is 24.8 Å². The third kappa shape index (κ3) is 6.84. The molecule has 0 radical (unpaired) electrons. The van der Waals surface area contributed by atoms with Crippen LogP contribution in [0.15, 0.2) is 55.0 Å². The van der Waals surface area contributed by atoms with Crippen molar-refractivity contribution >= 4 is 52.5 Å². The number of anilines is 2. The fourth-order valence-electron chi connectivity index (χ4n) is 9.09. The second kappa shape index (κ2) is 15.0. The number of benzene rings is 2. The first-order valence-corrected chi connectivity index (χ1v) is 20.1. The van der Waals surface area contributed by atoms with E-state index in [0.717, 1.165) is 74.6 Å². The summed E-state index contributed by atoms with van der Waals surface area (Å²) >= 11 is 0. The number of rotatable bonds is 9. The molecule has 0 saturated carbocycles. The fraction of sp³-hybridized carbons (Fsp3) is 0.429. The van der Waals surface area contributed by atoms with Crippen molar-refractivity contribution in [3.63, 3.8) is 0 Å². The van der Waals surface area contributed by atoms with E-state index in [2.05, 4.69) is 30.5 Å². The summed E-state index contributed by atoms with van der Waals surface area (Å²) in [5.74, 6) is -1.43. The molecule has 16 heteroatoms. The van der Waals surface area contributed by atoms with Crippen LogP contribution in [-0.2, 0) is 16.1 Å². The highest BCUT2D eigenvalue weighted by Gasteiger charge is 2.45. The summed E-state index contributed by atoms with van der Waals surface area (Å²) in [4.78, 5) is 89.9. The molecule has 5 aliphatic rings. The molecule has 6 amide bonds. The maximum Gasteiger partial charge on any atom is 0.262 e. The van der Waals surface area contributed by atoms with E-state index in [1.54, 1.807) is 41.2 Å². The van der Waals surface area contributed by atoms with Crippen molar-refractivity contribution in [1.29, 1.82) is 0 Å². The molecule has 2 aromatic heterocycles. The smallest absolute Gasteiger partial charge is 0.262 e. The van der Waals surface area contributed by atoms with Crippen LogP contribution in [0.5, 0.6) is 5.75 Å². The van der Waals surface area contributed by atoms with Crippen LogP contribution in [0.1, 0.15) is 99.4 Å². The number of carbonyl (C=O) groups excluding carboxylic acids is 6. The van der Waals surface area contributed by atoms with Crippen LogP contribution < -0.4 is 20.3 Å². The molecule has 1 atom stereocenters. The zero-order valence-corrected chi connectivity index (χ0v) is 32.5. The van der Waals surface area contributed by atoms with E-state index in [-0.39, 0.29) is 42.4 Å². The molecule has 0 spiro atoms. The molecule has 5 aliphatic heterocycles. The number of nitrogens with one attached hydrogen (secondary N) is 2. The highest BCUT2D eigenvalue weighted by Crippen LogP contribution is 2.37. The Morgan fingerprint density at radius 2 is 1.69 bits per heavy atom. The molecule has 58 heavy (non-hydrogen) atoms. The second-order valence-corrected chi connectivity index (χ2v) is 16.1. The number of hydrogen-bond acceptors (Lipinski definition) is 11. The summed E-state index contributed by atoms with van der Waals surface area (Å²) in [5.41, 5.74) is 4.20. The number of imide groups is 2. The number of nitrogens with zero attached hydrogens (tertiary/aromatic N) is 7. The van der Waals surface area contributed by atoms with E-state index >= 15 is 0 Å². The number of amides is 6. The van der Waals surface area contributed by atoms with Gasteiger partial charge in [0.15, 0.2) is 5.65 Å². The summed E-state index contributed by atoms with van der Waals surface area (Å²) in [7, 11) is 0. The normalized spacial score (nSPS) is 20.6. The molecule has 3 fully saturated rings. The van der Waals surface area contributed by atoms with Crippen LogP contribution in [0.4, 0.5) is 11.4 Å². The summed E-state index contributed by atoms with van der Waals surface area (Å²) < 4.78 is 7.64. The Morgan fingerprint density at radius 1 is 0.914 bits per heavy atom. The predicted molar refractivity (Wildman–Crippen MR) is 211 cm³/mol. The Kier molecular flexibility index (Phi) is 9.66. The van der Waals surface area contributed by atoms with E-state index in [1.165, 1.54) is 6.20 Å². The summed E-state index contributed by atoms with van der Waals surface area (Å²) in [6, 6.07) is 9.80. The van der Waals surface area contributed by atoms with Gasteiger partial charge in [0.1, 0.15) is 17.4 Å². The maximum absolute atomic E-state index is 13.8. The average molecular weight is 788 g/mol. The van der Waals surface area contributed by atoms with Crippen LogP contribution >= 0.6 is 0 Å². The van der Waals surface area contributed by atoms with Crippen LogP contribution in [-0.4, -0.2) is 116 Å². The first kappa shape index (κ1) is 37.4. The van der Waals surface area contributed by atoms with Crippen molar-refractivity contribution in [3.05, 3.63) is 82.8 Å². The lowest BCUT2D eigenvalue weighted by Gasteiger charge is -2.40. The average Bonchev–Trinajstić information content (AvgIpc) is 3.86. The van der Waals surface area contributed by atoms with Crippen molar-refractivity contribution < 1.29 is 33.5 Å². The molecule has 16 nitrogen and oxygen atoms in total. The van der Waals surface area contributed by atoms with E-state index in [9.17, 15) is 28.8 Å². The zero-order valence-electron chi connectivity index (χ0n) is 32.5. The molecule has 9 rings (SSSR count). The molecule has 4 aromatic rings. The zero-order chi connectivity index (χ0) is 40.2. The van der Waals surface area contributed by atoms with Crippen molar-refractivity contribution in [3.8, 4) is 5.75 Å². The topological polar surface area (TPSA) is 179 Å². The van der Waals surface area contributed by atoms with Crippen molar-refractivity contribution in [2.45, 2.75) is 77.1 Å². The van der Waals surface area contributed by atoms with E-state index in [0.29, 0.717) is 46.2 Å². The Labute approximate surface area is 334 Å². The van der Waals surface area contributed by atoms with Gasteiger partial charge in [0, 0.05) is 75.4 Å². The largest absolute Gasteiger partial charge is 0.489 e. The van der Waals surface area contributed by atoms with Gasteiger partial charge in [-0.3, -0.25) is 39.0 Å². The molecular weight excluding hydrogens is 743 g/mol. The molecular formula is C42H45N9O7. The number of aromatic nitrogens is 3. The molecule has 2 N–H and O–H groups in total. The molecule has 3 saturated heterocycles. The lowest BCUT2D eigenvalue weighted by molar-refractivity contribution is -0.136. The number of ether oxygens (including phenoxy) is 1. The third-order valence-electron chi connectivity index (χ3n) is 12.1. The van der Waals surface area contributed by atoms with Gasteiger partial charge in [-0.05, 0) is 93.8 Å². The van der Waals surface area contributed by atoms with E-state index in [4.69, 9.17) is 4.74 Å². The molecule has 300 valence electrons. The first-order chi connectivity index (χ1) is 28.0. The Balaban J connectivity index is 0.785. The minimum Gasteiger partial charge on any atom is -0.489 e. The summed E-state index contributed by atoms with van der Waals surface area (Å²) in [5, 5.41) is 9.47. The van der Waals surface area contributed by atoms with Crippen molar-refractivity contribution in [2.24, 2.45) is 5.92 Å². The molecule has 0 unspecified atom stereocenters. The van der Waals surface area contributed by atoms with Gasteiger partial charge in [-0.25, -0.2) is 9.50 Å². The number of piperidine rings is 3. The van der Waals surface area contributed by atoms with Gasteiger partial charge in [-0.15, -0.1) is 0 Å². The number of fused-ring (bicyclic) bond motifs is 3. The highest BCUT2D eigenvalue weighted by molar-refractivity contribution is 6.23. The minimum absolute atomic E-state index is 0.0135. The van der Waals surface area contributed by atoms with Gasteiger partial charge >= 0.3 is 0 Å². The van der Waals surface area contributed by atoms with Crippen LogP contribution in [0.2, 0.25) is 0 Å². The van der Waals surface area contributed by atoms with Crippen LogP contribution in [0.25, 0.3) is 5.65 Å². The van der Waals surface area contributed by atoms with E-state index < -0.39 is 29.7 Å². The molecule has 7 heterocycles. The monoisotopic (exact) mass is 787 g/mol. The summed E-state index contributed by atoms with van der Waals surface area (Å²) in [6.07, 6.45) is 8.58. The van der Waals surface area contributed by atoms with Gasteiger partial charge in [0.2, 0.25) is 11.8 Å². The quantitative estimate of drug-likeness (QED) is 0.237. The van der Waals surface area contributed by atoms with Gasteiger partial charge in [0.05, 0.1) is 29.1 Å². The Bertz CT molecular complexity index is 2360. The SMILES string of the molecule is CC(C)Oc1cc2c(cc1NC(=O)c1cnn3cccnc13)CN(C1CCN(CC3CCN(c4ccc5c(c4)C(=O)N([C@H]4CCC(=O)NC4=O)C5=O)CC3)CC1)C2=O. The first-order valence-electron chi connectivity index (χ1n) is 20.1. The predicted octanol–water partition coefficient (Wildman–Crippen LogP) is 3.51. The molecule has 2 aromatic carbocycles. The Hall–Kier alpha value is -6.16. The third-order valence-corrected chi connectivity index (χ3v) is 12.1. The summed E-state index contributed by atoms with van der Waals surface area (Å²) in [6.45, 7) is 8.69. The number of likely N-dealkylation sites (tertiary alicyclic amines) is 1. The second-order valence-electron chi connectivity index (χ2n) is 16.1. The highest BCUT2D eigenvalue weighted by atomic mass is 16.5. The van der Waals surface area contributed by atoms with Crippen molar-refractivity contribution in [1.82, 2.24) is 34.6 Å². The van der Waals surface area contributed by atoms with Crippen molar-refractivity contribution in [2.75, 3.05) is 42.9 Å². The van der Waals surface area contributed by atoms with E-state index in [1.807, 2.05) is 30.9 Å². The minimum atomic E-state index is -0.984. The lowest BCUT2D eigenvalue weighted by atomic mass is 9.94. The van der Waals surface area contributed by atoms with Gasteiger partial charge in [-0.2, -0.15) is 5.10 Å².